The Morgan fingerprint density at radius 1 is 1.25 bits per heavy atom. The first kappa shape index (κ1) is 8.82. The van der Waals surface area contributed by atoms with E-state index in [9.17, 15) is 0 Å². The van der Waals surface area contributed by atoms with E-state index in [0.29, 0.717) is 0 Å². The molecule has 0 aromatic heterocycles. The molecule has 0 saturated carbocycles. The largest absolute Gasteiger partial charge is 0.137 e. The summed E-state index contributed by atoms with van der Waals surface area (Å²) in [7, 11) is 0. The molecule has 0 amide bonds. The van der Waals surface area contributed by atoms with Gasteiger partial charge in [0.1, 0.15) is 0 Å². The van der Waals surface area contributed by atoms with Gasteiger partial charge in [-0.3, -0.25) is 0 Å². The molecule has 0 unspecified atom stereocenters. The van der Waals surface area contributed by atoms with Gasteiger partial charge in [0.2, 0.25) is 0 Å². The molecule has 0 saturated heterocycles. The first-order valence-corrected chi connectivity index (χ1v) is 0.707. The maximum absolute atomic E-state index is 3.12. The second-order valence-electron chi connectivity index (χ2n) is 0.250. The molecule has 0 rings (SSSR count). The summed E-state index contributed by atoms with van der Waals surface area (Å²) in [5, 5.41) is 0. The Morgan fingerprint density at radius 3 is 1.25 bits per heavy atom. The fourth-order valence-corrected chi connectivity index (χ4v) is 0. The van der Waals surface area contributed by atoms with Gasteiger partial charge in [-0.15, -0.1) is 5.73 Å². The minimum atomic E-state index is 0. The van der Waals surface area contributed by atoms with Crippen LogP contribution in [0.2, 0.25) is 0 Å². The van der Waals surface area contributed by atoms with Crippen LogP contribution >= 0.6 is 0 Å². The number of rotatable bonds is 0. The monoisotopic (exact) mass is 63.0 g/mol. The molecule has 0 bridgehead atoms. The van der Waals surface area contributed by atoms with Crippen LogP contribution in [-0.2, 0) is 0 Å². The van der Waals surface area contributed by atoms with Gasteiger partial charge in [0.05, 0.1) is 0 Å². The summed E-state index contributed by atoms with van der Waals surface area (Å²) in [5.41, 5.74) is 2.25. The van der Waals surface area contributed by atoms with E-state index in [-0.39, 0.29) is 29.6 Å². The van der Waals surface area contributed by atoms with Gasteiger partial charge in [0, 0.05) is 29.6 Å². The SMILES string of the molecule is C=C=C.[Na]. The van der Waals surface area contributed by atoms with Crippen LogP contribution in [0.15, 0.2) is 18.9 Å². The van der Waals surface area contributed by atoms with Crippen molar-refractivity contribution < 1.29 is 0 Å². The van der Waals surface area contributed by atoms with Crippen molar-refractivity contribution in [1.29, 1.82) is 0 Å². The Labute approximate surface area is 48.5 Å². The Morgan fingerprint density at radius 2 is 1.25 bits per heavy atom. The van der Waals surface area contributed by atoms with Crippen molar-refractivity contribution in [1.82, 2.24) is 0 Å². The van der Waals surface area contributed by atoms with Crippen LogP contribution < -0.4 is 0 Å². The fourth-order valence-electron chi connectivity index (χ4n) is 0. The molecule has 0 aromatic carbocycles. The van der Waals surface area contributed by atoms with Crippen molar-refractivity contribution in [3.63, 3.8) is 0 Å². The maximum atomic E-state index is 3.12. The zero-order valence-electron chi connectivity index (χ0n) is 2.91. The third-order valence-corrected chi connectivity index (χ3v) is 0. The Hall–Kier alpha value is 0.520. The van der Waals surface area contributed by atoms with Crippen molar-refractivity contribution >= 4 is 29.6 Å². The van der Waals surface area contributed by atoms with Gasteiger partial charge in [-0.05, 0) is 0 Å². The molecule has 0 nitrogen and oxygen atoms in total. The predicted octanol–water partition coefficient (Wildman–Crippen LogP) is 0.576. The fraction of sp³-hybridized carbons (Fsp3) is 0. The maximum Gasteiger partial charge on any atom is 0 e. The van der Waals surface area contributed by atoms with Gasteiger partial charge in [0.15, 0.2) is 0 Å². The van der Waals surface area contributed by atoms with Gasteiger partial charge in [0.25, 0.3) is 0 Å². The Balaban J connectivity index is 0. The normalized spacial score (nSPS) is 2.00. The van der Waals surface area contributed by atoms with Gasteiger partial charge in [-0.2, -0.15) is 0 Å². The summed E-state index contributed by atoms with van der Waals surface area (Å²) in [5.74, 6) is 0. The van der Waals surface area contributed by atoms with E-state index in [1.165, 1.54) is 0 Å². The van der Waals surface area contributed by atoms with E-state index in [4.69, 9.17) is 0 Å². The second kappa shape index (κ2) is 9.68. The third-order valence-electron chi connectivity index (χ3n) is 0. The van der Waals surface area contributed by atoms with Crippen LogP contribution in [0.4, 0.5) is 0 Å². The van der Waals surface area contributed by atoms with Crippen LogP contribution in [-0.4, -0.2) is 29.6 Å². The molecule has 0 atom stereocenters. The Kier molecular flexibility index (Phi) is 21.3. The summed E-state index contributed by atoms with van der Waals surface area (Å²) in [4.78, 5) is 0. The van der Waals surface area contributed by atoms with Crippen molar-refractivity contribution in [2.45, 2.75) is 0 Å². The van der Waals surface area contributed by atoms with E-state index >= 15 is 0 Å². The van der Waals surface area contributed by atoms with Crippen molar-refractivity contribution in [3.05, 3.63) is 18.9 Å². The second-order valence-corrected chi connectivity index (χ2v) is 0.250. The molecule has 0 aromatic rings. The van der Waals surface area contributed by atoms with Crippen molar-refractivity contribution in [2.75, 3.05) is 0 Å². The van der Waals surface area contributed by atoms with E-state index < -0.39 is 0 Å². The van der Waals surface area contributed by atoms with Gasteiger partial charge in [-0.25, -0.2) is 0 Å². The zero-order chi connectivity index (χ0) is 2.71. The molecule has 0 aliphatic rings. The van der Waals surface area contributed by atoms with E-state index in [2.05, 4.69) is 18.9 Å². The molecule has 4 heavy (non-hydrogen) atoms. The van der Waals surface area contributed by atoms with Gasteiger partial charge in [-0.1, -0.05) is 13.2 Å². The molecule has 0 N–H and O–H groups in total. The van der Waals surface area contributed by atoms with Gasteiger partial charge < -0.3 is 0 Å². The summed E-state index contributed by atoms with van der Waals surface area (Å²) in [6.45, 7) is 6.25. The average molecular weight is 63.1 g/mol. The molecule has 1 heteroatoms. The molecule has 0 heterocycles. The molecule has 0 fully saturated rings. The summed E-state index contributed by atoms with van der Waals surface area (Å²) < 4.78 is 0. The Bertz CT molecular complexity index is 24.3. The van der Waals surface area contributed by atoms with Crippen LogP contribution in [0.3, 0.4) is 0 Å². The molecule has 1 radical (unpaired) electrons. The van der Waals surface area contributed by atoms with E-state index in [1.54, 1.807) is 0 Å². The van der Waals surface area contributed by atoms with E-state index in [0.717, 1.165) is 0 Å². The van der Waals surface area contributed by atoms with Gasteiger partial charge >= 0.3 is 0 Å². The quantitative estimate of drug-likeness (QED) is 0.285. The van der Waals surface area contributed by atoms with Crippen molar-refractivity contribution in [2.24, 2.45) is 0 Å². The molecule has 0 aliphatic carbocycles. The average Bonchev–Trinajstić information content (AvgIpc) is 0.918. The first-order chi connectivity index (χ1) is 1.41. The van der Waals surface area contributed by atoms with Crippen LogP contribution in [0.1, 0.15) is 0 Å². The zero-order valence-corrected chi connectivity index (χ0v) is 4.91. The predicted molar refractivity (Wildman–Crippen MR) is 20.5 cm³/mol. The van der Waals surface area contributed by atoms with Crippen LogP contribution in [0.5, 0.6) is 0 Å². The molecular weight excluding hydrogens is 59.0 g/mol. The minimum absolute atomic E-state index is 0. The third kappa shape index (κ3) is 21.5. The first-order valence-electron chi connectivity index (χ1n) is 0.707. The van der Waals surface area contributed by atoms with Crippen LogP contribution in [0.25, 0.3) is 0 Å². The molecule has 0 aliphatic heterocycles. The molecular formula is C3H4Na. The number of hydrogen-bond acceptors (Lipinski definition) is 0. The summed E-state index contributed by atoms with van der Waals surface area (Å²) in [6.07, 6.45) is 0. The number of hydrogen-bond donors (Lipinski definition) is 0. The standard InChI is InChI=1S/C3H4.Na/c1-3-2;/h1-2H2;. The van der Waals surface area contributed by atoms with E-state index in [1.807, 2.05) is 0 Å². The minimum Gasteiger partial charge on any atom is -0.137 e. The summed E-state index contributed by atoms with van der Waals surface area (Å²) in [6, 6.07) is 0. The molecule has 17 valence electrons. The topological polar surface area (TPSA) is 0 Å². The smallest absolute Gasteiger partial charge is 0 e. The molecule has 0 spiro atoms. The van der Waals surface area contributed by atoms with Crippen molar-refractivity contribution in [3.8, 4) is 0 Å². The van der Waals surface area contributed by atoms with Crippen LogP contribution in [0, 0.1) is 0 Å². The summed E-state index contributed by atoms with van der Waals surface area (Å²) >= 11 is 0.